The van der Waals surface area contributed by atoms with E-state index in [2.05, 4.69) is 60.5 Å². The summed E-state index contributed by atoms with van der Waals surface area (Å²) in [6.07, 6.45) is 0.992. The van der Waals surface area contributed by atoms with Crippen molar-refractivity contribution in [2.75, 3.05) is 7.05 Å². The smallest absolute Gasteiger partial charge is 0.259 e. The van der Waals surface area contributed by atoms with Gasteiger partial charge in [-0.15, -0.1) is 0 Å². The van der Waals surface area contributed by atoms with Crippen molar-refractivity contribution in [3.05, 3.63) is 33.9 Å². The number of benzene rings is 1. The zero-order valence-electron chi connectivity index (χ0n) is 19.1. The molecule has 3 rings (SSSR count). The number of carbonyl (C=O) groups excluding carboxylic acids is 2. The number of hydrogen-bond acceptors (Lipinski definition) is 3. The summed E-state index contributed by atoms with van der Waals surface area (Å²) in [6, 6.07) is 2.00. The summed E-state index contributed by atoms with van der Waals surface area (Å²) in [5.41, 5.74) is 6.15. The zero-order chi connectivity index (χ0) is 21.4. The predicted molar refractivity (Wildman–Crippen MR) is 114 cm³/mol. The fourth-order valence-corrected chi connectivity index (χ4v) is 5.29. The van der Waals surface area contributed by atoms with Crippen LogP contribution in [0.25, 0.3) is 0 Å². The summed E-state index contributed by atoms with van der Waals surface area (Å²) >= 11 is 0. The molecule has 4 heteroatoms. The van der Waals surface area contributed by atoms with Gasteiger partial charge in [0.15, 0.2) is 5.78 Å². The molecule has 4 nitrogen and oxygen atoms in total. The SMILES string of the molecule is CC1=NN(C)C(=O)C1C(=O)c1cc(C)c2c(c1C)C(C)(C)C(C)(C)C(C)(C)C2. The molecule has 0 fully saturated rings. The Morgan fingerprint density at radius 1 is 1.11 bits per heavy atom. The van der Waals surface area contributed by atoms with Crippen molar-refractivity contribution < 1.29 is 9.59 Å². The van der Waals surface area contributed by atoms with E-state index >= 15 is 0 Å². The van der Waals surface area contributed by atoms with Gasteiger partial charge >= 0.3 is 0 Å². The number of ketones is 1. The molecule has 0 saturated heterocycles. The second-order valence-corrected chi connectivity index (χ2v) is 10.4. The minimum absolute atomic E-state index is 0.0483. The number of carbonyl (C=O) groups is 2. The largest absolute Gasteiger partial charge is 0.293 e. The van der Waals surface area contributed by atoms with E-state index in [1.165, 1.54) is 16.1 Å². The lowest BCUT2D eigenvalue weighted by molar-refractivity contribution is -0.129. The van der Waals surface area contributed by atoms with Gasteiger partial charge in [-0.05, 0) is 71.8 Å². The number of hydrazone groups is 1. The van der Waals surface area contributed by atoms with Gasteiger partial charge in [0.1, 0.15) is 5.92 Å². The molecule has 152 valence electrons. The molecule has 1 heterocycles. The molecule has 0 radical (unpaired) electrons. The second kappa shape index (κ2) is 6.01. The molecule has 1 aromatic carbocycles. The van der Waals surface area contributed by atoms with E-state index in [4.69, 9.17) is 0 Å². The summed E-state index contributed by atoms with van der Waals surface area (Å²) in [6.45, 7) is 19.9. The second-order valence-electron chi connectivity index (χ2n) is 10.4. The first kappa shape index (κ1) is 20.8. The molecule has 1 aliphatic heterocycles. The molecule has 0 saturated carbocycles. The number of fused-ring (bicyclic) bond motifs is 1. The summed E-state index contributed by atoms with van der Waals surface area (Å²) < 4.78 is 0. The first-order chi connectivity index (χ1) is 12.6. The molecule has 28 heavy (non-hydrogen) atoms. The third kappa shape index (κ3) is 2.53. The highest BCUT2D eigenvalue weighted by Gasteiger charge is 2.54. The minimum atomic E-state index is -0.794. The van der Waals surface area contributed by atoms with Crippen LogP contribution in [-0.2, 0) is 16.6 Å². The van der Waals surface area contributed by atoms with Gasteiger partial charge in [-0.3, -0.25) is 9.59 Å². The van der Waals surface area contributed by atoms with Crippen LogP contribution in [0.1, 0.15) is 81.1 Å². The summed E-state index contributed by atoms with van der Waals surface area (Å²) in [5.74, 6) is -1.16. The Kier molecular flexibility index (Phi) is 4.46. The average Bonchev–Trinajstić information content (AvgIpc) is 2.80. The molecule has 0 bridgehead atoms. The number of nitrogens with zero attached hydrogens (tertiary/aromatic N) is 2. The van der Waals surface area contributed by atoms with Crippen LogP contribution in [0, 0.1) is 30.6 Å². The Morgan fingerprint density at radius 3 is 2.18 bits per heavy atom. The van der Waals surface area contributed by atoms with E-state index in [1.54, 1.807) is 14.0 Å². The highest BCUT2D eigenvalue weighted by atomic mass is 16.2. The lowest BCUT2D eigenvalue weighted by Crippen LogP contribution is -2.52. The minimum Gasteiger partial charge on any atom is -0.293 e. The van der Waals surface area contributed by atoms with Crippen LogP contribution >= 0.6 is 0 Å². The van der Waals surface area contributed by atoms with Crippen molar-refractivity contribution in [3.8, 4) is 0 Å². The normalized spacial score (nSPS) is 24.8. The van der Waals surface area contributed by atoms with Crippen molar-refractivity contribution in [1.29, 1.82) is 0 Å². The third-order valence-corrected chi connectivity index (χ3v) is 8.23. The summed E-state index contributed by atoms with van der Waals surface area (Å²) in [4.78, 5) is 26.0. The number of amides is 1. The molecule has 1 atom stereocenters. The van der Waals surface area contributed by atoms with E-state index < -0.39 is 5.92 Å². The van der Waals surface area contributed by atoms with E-state index in [0.717, 1.165) is 17.5 Å². The lowest BCUT2D eigenvalue weighted by Gasteiger charge is -2.58. The van der Waals surface area contributed by atoms with Gasteiger partial charge in [0.05, 0.1) is 5.71 Å². The van der Waals surface area contributed by atoms with Crippen LogP contribution in [0.15, 0.2) is 11.2 Å². The van der Waals surface area contributed by atoms with Gasteiger partial charge in [-0.25, -0.2) is 5.01 Å². The van der Waals surface area contributed by atoms with Gasteiger partial charge in [0, 0.05) is 12.6 Å². The van der Waals surface area contributed by atoms with Gasteiger partial charge in [0.25, 0.3) is 5.91 Å². The van der Waals surface area contributed by atoms with Gasteiger partial charge < -0.3 is 0 Å². The number of Topliss-reactive ketones (excluding diaryl/α,β-unsaturated/α-hetero) is 1. The van der Waals surface area contributed by atoms with Crippen LogP contribution in [0.5, 0.6) is 0 Å². The van der Waals surface area contributed by atoms with Crippen LogP contribution < -0.4 is 0 Å². The van der Waals surface area contributed by atoms with E-state index in [9.17, 15) is 9.59 Å². The zero-order valence-corrected chi connectivity index (χ0v) is 19.1. The van der Waals surface area contributed by atoms with Crippen LogP contribution in [0.2, 0.25) is 0 Å². The van der Waals surface area contributed by atoms with Gasteiger partial charge in [-0.2, -0.15) is 5.10 Å². The van der Waals surface area contributed by atoms with Crippen LogP contribution in [0.3, 0.4) is 0 Å². The molecule has 1 amide bonds. The number of rotatable bonds is 2. The summed E-state index contributed by atoms with van der Waals surface area (Å²) in [7, 11) is 1.61. The van der Waals surface area contributed by atoms with Crippen molar-refractivity contribution >= 4 is 17.4 Å². The van der Waals surface area contributed by atoms with E-state index in [1.807, 2.05) is 6.07 Å². The maximum atomic E-state index is 13.4. The lowest BCUT2D eigenvalue weighted by atomic mass is 9.46. The molecule has 0 spiro atoms. The maximum absolute atomic E-state index is 13.4. The molecular weight excluding hydrogens is 348 g/mol. The molecule has 0 N–H and O–H groups in total. The molecular formula is C24H34N2O2. The molecule has 2 aliphatic rings. The van der Waals surface area contributed by atoms with E-state index in [0.29, 0.717) is 11.3 Å². The predicted octanol–water partition coefficient (Wildman–Crippen LogP) is 4.84. The van der Waals surface area contributed by atoms with Gasteiger partial charge in [-0.1, -0.05) is 41.5 Å². The van der Waals surface area contributed by atoms with Crippen molar-refractivity contribution in [2.24, 2.45) is 21.8 Å². The fourth-order valence-electron chi connectivity index (χ4n) is 5.29. The maximum Gasteiger partial charge on any atom is 0.259 e. The van der Waals surface area contributed by atoms with Gasteiger partial charge in [0.2, 0.25) is 0 Å². The molecule has 1 unspecified atom stereocenters. The standard InChI is InChI=1S/C24H34N2O2/c1-13-11-16(20(27)18-15(3)25-26(10)21(18)28)14(2)19-17(13)12-22(4,5)24(8,9)23(19,6)7/h11,18H,12H2,1-10H3. The first-order valence-corrected chi connectivity index (χ1v) is 10.2. The number of aryl methyl sites for hydroxylation is 1. The first-order valence-electron chi connectivity index (χ1n) is 10.2. The van der Waals surface area contributed by atoms with Crippen molar-refractivity contribution in [2.45, 2.75) is 74.1 Å². The summed E-state index contributed by atoms with van der Waals surface area (Å²) in [5, 5.41) is 5.47. The Morgan fingerprint density at radius 2 is 1.68 bits per heavy atom. The topological polar surface area (TPSA) is 49.7 Å². The Hall–Kier alpha value is -1.97. The average molecular weight is 383 g/mol. The van der Waals surface area contributed by atoms with Crippen LogP contribution in [-0.4, -0.2) is 29.5 Å². The molecule has 1 aliphatic carbocycles. The molecule has 0 aromatic heterocycles. The highest BCUT2D eigenvalue weighted by Crippen LogP contribution is 2.59. The monoisotopic (exact) mass is 382 g/mol. The van der Waals surface area contributed by atoms with E-state index in [-0.39, 0.29) is 27.9 Å². The Labute approximate surface area is 169 Å². The highest BCUT2D eigenvalue weighted by molar-refractivity contribution is 6.26. The van der Waals surface area contributed by atoms with Crippen molar-refractivity contribution in [1.82, 2.24) is 5.01 Å². The van der Waals surface area contributed by atoms with Crippen LogP contribution in [0.4, 0.5) is 0 Å². The molecule has 1 aromatic rings. The fraction of sp³-hybridized carbons (Fsp3) is 0.625. The third-order valence-electron chi connectivity index (χ3n) is 8.23. The number of hydrogen-bond donors (Lipinski definition) is 0. The Balaban J connectivity index is 2.23. The quantitative estimate of drug-likeness (QED) is 0.543. The Bertz CT molecular complexity index is 919. The van der Waals surface area contributed by atoms with Crippen molar-refractivity contribution in [3.63, 3.8) is 0 Å².